The quantitative estimate of drug-likeness (QED) is 0.275. The average molecular weight is 268 g/mol. The summed E-state index contributed by atoms with van der Waals surface area (Å²) in [5.74, 6) is -7.15. The molecule has 0 aromatic heterocycles. The van der Waals surface area contributed by atoms with Gasteiger partial charge in [-0.15, -0.1) is 0 Å². The number of carbonyl (C=O) groups excluding carboxylic acids is 1. The largest absolute Gasteiger partial charge is 0.396 e. The van der Waals surface area contributed by atoms with Crippen LogP contribution in [0.5, 0.6) is 0 Å². The van der Waals surface area contributed by atoms with E-state index in [9.17, 15) is 22.4 Å². The maximum Gasteiger partial charge on any atom is 0.396 e. The zero-order chi connectivity index (χ0) is 13.8. The van der Waals surface area contributed by atoms with E-state index in [2.05, 4.69) is 0 Å². The van der Waals surface area contributed by atoms with Crippen LogP contribution >= 0.6 is 0 Å². The third-order valence-corrected chi connectivity index (χ3v) is 2.77. The minimum absolute atomic E-state index is 0.481. The topological polar surface area (TPSA) is 77.9 Å². The zero-order valence-electron chi connectivity index (χ0n) is 9.37. The van der Waals surface area contributed by atoms with Crippen LogP contribution in [0.2, 0.25) is 0 Å². The summed E-state index contributed by atoms with van der Waals surface area (Å²) in [5.41, 5.74) is 7.78. The van der Waals surface area contributed by atoms with Crippen molar-refractivity contribution >= 4 is 5.91 Å². The maximum absolute atomic E-state index is 13.1. The number of halogens is 4. The second-order valence-electron chi connectivity index (χ2n) is 4.11. The molecule has 0 unspecified atom stereocenters. The van der Waals surface area contributed by atoms with Gasteiger partial charge in [0.25, 0.3) is 5.91 Å². The molecule has 0 heterocycles. The molecule has 18 heavy (non-hydrogen) atoms. The Morgan fingerprint density at radius 1 is 1.22 bits per heavy atom. The van der Waals surface area contributed by atoms with E-state index >= 15 is 0 Å². The minimum atomic E-state index is -5.07. The average Bonchev–Trinajstić information content (AvgIpc) is 2.29. The van der Waals surface area contributed by atoms with Gasteiger partial charge < -0.3 is 5.32 Å². The van der Waals surface area contributed by atoms with Crippen molar-refractivity contribution in [1.82, 2.24) is 5.32 Å². The zero-order valence-corrected chi connectivity index (χ0v) is 9.37. The van der Waals surface area contributed by atoms with E-state index in [-0.39, 0.29) is 0 Å². The molecule has 0 spiro atoms. The van der Waals surface area contributed by atoms with Crippen LogP contribution in [0, 0.1) is 0 Å². The molecule has 0 aliphatic heterocycles. The van der Waals surface area contributed by atoms with Crippen molar-refractivity contribution in [1.29, 1.82) is 0 Å². The molecule has 1 rings (SSSR count). The Hall–Kier alpha value is -1.50. The molecule has 1 N–H and O–H groups in total. The van der Waals surface area contributed by atoms with Gasteiger partial charge in [-0.1, -0.05) is 19.3 Å². The molecule has 0 bridgehead atoms. The molecule has 1 aliphatic carbocycles. The predicted molar refractivity (Wildman–Crippen MR) is 54.1 cm³/mol. The van der Waals surface area contributed by atoms with E-state index in [4.69, 9.17) is 5.53 Å². The van der Waals surface area contributed by atoms with Gasteiger partial charge in [0.2, 0.25) is 0 Å². The highest BCUT2D eigenvalue weighted by Crippen LogP contribution is 2.36. The lowest BCUT2D eigenvalue weighted by Crippen LogP contribution is -2.54. The molecule has 0 aromatic carbocycles. The summed E-state index contributed by atoms with van der Waals surface area (Å²) < 4.78 is 51.8. The predicted octanol–water partition coefficient (Wildman–Crippen LogP) is 2.97. The summed E-state index contributed by atoms with van der Waals surface area (Å²) in [6.07, 6.45) is 3.40. The van der Waals surface area contributed by atoms with Gasteiger partial charge in [-0.2, -0.15) is 17.6 Å². The van der Waals surface area contributed by atoms with Crippen LogP contribution in [0.3, 0.4) is 0 Å². The van der Waals surface area contributed by atoms with Crippen LogP contribution in [-0.2, 0) is 4.79 Å². The Morgan fingerprint density at radius 3 is 2.28 bits per heavy atom. The first-order valence-electron chi connectivity index (χ1n) is 5.44. The molecule has 1 aliphatic rings. The summed E-state index contributed by atoms with van der Waals surface area (Å²) in [5, 5.41) is 3.55. The first-order chi connectivity index (χ1) is 8.31. The number of alkyl halides is 4. The van der Waals surface area contributed by atoms with E-state index < -0.39 is 23.9 Å². The molecule has 0 aromatic rings. The monoisotopic (exact) mass is 268 g/mol. The second kappa shape index (κ2) is 5.43. The highest BCUT2D eigenvalue weighted by Gasteiger charge is 2.62. The molecule has 5 nitrogen and oxygen atoms in total. The number of amides is 1. The summed E-state index contributed by atoms with van der Waals surface area (Å²) in [7, 11) is 0. The molecule has 102 valence electrons. The number of hydrogen-bond donors (Lipinski definition) is 1. The van der Waals surface area contributed by atoms with E-state index in [1.165, 1.54) is 0 Å². The molecule has 1 amide bonds. The van der Waals surface area contributed by atoms with Crippen molar-refractivity contribution in [2.75, 3.05) is 0 Å². The summed E-state index contributed by atoms with van der Waals surface area (Å²) >= 11 is 0. The molecular formula is C9H12F4N4O. The fourth-order valence-electron chi connectivity index (χ4n) is 1.78. The van der Waals surface area contributed by atoms with Crippen molar-refractivity contribution in [2.24, 2.45) is 5.11 Å². The van der Waals surface area contributed by atoms with E-state index in [1.54, 1.807) is 10.0 Å². The molecule has 0 atom stereocenters. The number of hydrogen-bond acceptors (Lipinski definition) is 2. The van der Waals surface area contributed by atoms with Gasteiger partial charge in [0.1, 0.15) is 0 Å². The minimum Gasteiger partial charge on any atom is -0.348 e. The lowest BCUT2D eigenvalue weighted by Gasteiger charge is -2.27. The highest BCUT2D eigenvalue weighted by atomic mass is 19.3. The Balaban J connectivity index is 2.71. The molecule has 0 saturated heterocycles. The van der Waals surface area contributed by atoms with Gasteiger partial charge in [-0.3, -0.25) is 4.79 Å². The highest BCUT2D eigenvalue weighted by molar-refractivity contribution is 5.84. The fraction of sp³-hybridized carbons (Fsp3) is 0.889. The van der Waals surface area contributed by atoms with Crippen molar-refractivity contribution in [3.63, 3.8) is 0 Å². The normalized spacial score (nSPS) is 18.0. The summed E-state index contributed by atoms with van der Waals surface area (Å²) in [6, 6.07) is -5.60. The van der Waals surface area contributed by atoms with Gasteiger partial charge in [0, 0.05) is 11.0 Å². The smallest absolute Gasteiger partial charge is 0.348 e. The van der Waals surface area contributed by atoms with Crippen LogP contribution < -0.4 is 5.32 Å². The number of azide groups is 1. The van der Waals surface area contributed by atoms with Gasteiger partial charge in [0.15, 0.2) is 0 Å². The Labute approximate surface area is 100 Å². The molecular weight excluding hydrogens is 256 g/mol. The number of rotatable bonds is 4. The summed E-state index contributed by atoms with van der Waals surface area (Å²) in [6.45, 7) is 0. The summed E-state index contributed by atoms with van der Waals surface area (Å²) in [4.78, 5) is 12.7. The van der Waals surface area contributed by atoms with Crippen molar-refractivity contribution in [2.45, 2.75) is 50.1 Å². The number of carbonyl (C=O) groups is 1. The van der Waals surface area contributed by atoms with Gasteiger partial charge in [0.05, 0.1) is 0 Å². The lowest BCUT2D eigenvalue weighted by molar-refractivity contribution is -0.207. The van der Waals surface area contributed by atoms with E-state index in [0.717, 1.165) is 19.3 Å². The number of nitrogens with one attached hydrogen (secondary N) is 1. The van der Waals surface area contributed by atoms with E-state index in [0.29, 0.717) is 12.8 Å². The van der Waals surface area contributed by atoms with Crippen LogP contribution in [0.25, 0.3) is 10.4 Å². The van der Waals surface area contributed by atoms with Gasteiger partial charge in [-0.25, -0.2) is 0 Å². The van der Waals surface area contributed by atoms with Crippen LogP contribution in [0.1, 0.15) is 32.1 Å². The van der Waals surface area contributed by atoms with Crippen molar-refractivity contribution in [3.8, 4) is 0 Å². The van der Waals surface area contributed by atoms with Crippen LogP contribution in [0.4, 0.5) is 17.6 Å². The first kappa shape index (κ1) is 14.6. The Kier molecular flexibility index (Phi) is 4.39. The third-order valence-electron chi connectivity index (χ3n) is 2.77. The Bertz CT molecular complexity index is 362. The lowest BCUT2D eigenvalue weighted by atomic mass is 9.95. The van der Waals surface area contributed by atoms with Crippen LogP contribution in [-0.4, -0.2) is 23.9 Å². The molecule has 1 fully saturated rings. The van der Waals surface area contributed by atoms with Crippen molar-refractivity contribution < 1.29 is 22.4 Å². The van der Waals surface area contributed by atoms with E-state index in [1.807, 2.05) is 5.32 Å². The molecule has 9 heteroatoms. The van der Waals surface area contributed by atoms with Crippen LogP contribution in [0.15, 0.2) is 5.11 Å². The molecule has 0 radical (unpaired) electrons. The second-order valence-corrected chi connectivity index (χ2v) is 4.11. The Morgan fingerprint density at radius 2 is 1.78 bits per heavy atom. The standard InChI is InChI=1S/C9H12F4N4O/c10-8(11,9(12,13)16-17-14)7(18)15-6-4-2-1-3-5-6/h6H,1-5H2,(H,15,18). The van der Waals surface area contributed by atoms with Gasteiger partial charge in [-0.05, 0) is 23.5 Å². The first-order valence-corrected chi connectivity index (χ1v) is 5.44. The van der Waals surface area contributed by atoms with Crippen molar-refractivity contribution in [3.05, 3.63) is 10.4 Å². The fourth-order valence-corrected chi connectivity index (χ4v) is 1.78. The molecule has 1 saturated carbocycles. The third kappa shape index (κ3) is 3.04. The SMILES string of the molecule is [N-]=[N+]=NC(F)(F)C(F)(F)C(=O)NC1CCCCC1. The number of nitrogens with zero attached hydrogens (tertiary/aromatic N) is 3. The van der Waals surface area contributed by atoms with Gasteiger partial charge >= 0.3 is 12.0 Å². The maximum atomic E-state index is 13.1.